The normalized spacial score (nSPS) is 11.9. The van der Waals surface area contributed by atoms with Gasteiger partial charge in [0.1, 0.15) is 18.3 Å². The van der Waals surface area contributed by atoms with E-state index in [2.05, 4.69) is 6.07 Å². The monoisotopic (exact) mass is 332 g/mol. The third-order valence-corrected chi connectivity index (χ3v) is 4.44. The molecule has 1 atom stereocenters. The van der Waals surface area contributed by atoms with Crippen molar-refractivity contribution >= 4 is 16.7 Å². The summed E-state index contributed by atoms with van der Waals surface area (Å²) in [6.45, 7) is 3.83. The second-order valence-electron chi connectivity index (χ2n) is 6.27. The Balaban J connectivity index is 1.81. The summed E-state index contributed by atoms with van der Waals surface area (Å²) < 4.78 is 7.56. The van der Waals surface area contributed by atoms with Gasteiger partial charge in [-0.15, -0.1) is 0 Å². The molecule has 3 rings (SSSR count). The van der Waals surface area contributed by atoms with Crippen LogP contribution < -0.4 is 4.74 Å². The van der Waals surface area contributed by atoms with Crippen LogP contribution in [0.3, 0.4) is 0 Å². The Hall–Kier alpha value is -3.06. The zero-order valence-electron chi connectivity index (χ0n) is 14.6. The van der Waals surface area contributed by atoms with Crippen LogP contribution in [0.5, 0.6) is 5.75 Å². The lowest BCUT2D eigenvalue weighted by molar-refractivity contribution is -0.121. The maximum Gasteiger partial charge on any atom is 0.193 e. The third kappa shape index (κ3) is 3.27. The summed E-state index contributed by atoms with van der Waals surface area (Å²) in [5.74, 6) is -0.413. The van der Waals surface area contributed by atoms with Crippen LogP contribution in [0, 0.1) is 25.2 Å². The average molecular weight is 332 g/mol. The van der Waals surface area contributed by atoms with Gasteiger partial charge >= 0.3 is 0 Å². The lowest BCUT2D eigenvalue weighted by atomic mass is 10.0. The minimum Gasteiger partial charge on any atom is -0.485 e. The lowest BCUT2D eigenvalue weighted by Gasteiger charge is -2.13. The Kier molecular flexibility index (Phi) is 4.58. The Bertz CT molecular complexity index is 979. The van der Waals surface area contributed by atoms with Crippen molar-refractivity contribution in [3.05, 3.63) is 65.4 Å². The van der Waals surface area contributed by atoms with Gasteiger partial charge in [-0.25, -0.2) is 0 Å². The molecule has 0 N–H and O–H groups in total. The number of rotatable bonds is 5. The predicted octanol–water partition coefficient (Wildman–Crippen LogP) is 4.05. The summed E-state index contributed by atoms with van der Waals surface area (Å²) in [6.07, 6.45) is 0. The second kappa shape index (κ2) is 6.82. The van der Waals surface area contributed by atoms with Crippen molar-refractivity contribution in [3.8, 4) is 11.8 Å². The molecule has 0 amide bonds. The SMILES string of the molecule is Cc1ccc(OCC(=O)C(C#N)c2cc3ccccc3n2C)c(C)c1. The first-order valence-corrected chi connectivity index (χ1v) is 8.18. The molecule has 0 bridgehead atoms. The molecular formula is C21H20N2O2. The number of nitrogens with zero attached hydrogens (tertiary/aromatic N) is 2. The molecule has 0 aliphatic rings. The van der Waals surface area contributed by atoms with Crippen molar-refractivity contribution in [2.24, 2.45) is 7.05 Å². The summed E-state index contributed by atoms with van der Waals surface area (Å²) in [7, 11) is 1.88. The number of carbonyl (C=O) groups is 1. The van der Waals surface area contributed by atoms with Crippen LogP contribution in [0.25, 0.3) is 10.9 Å². The van der Waals surface area contributed by atoms with Gasteiger partial charge in [-0.1, -0.05) is 35.9 Å². The van der Waals surface area contributed by atoms with Crippen molar-refractivity contribution in [3.63, 3.8) is 0 Å². The first-order valence-electron chi connectivity index (χ1n) is 8.18. The fourth-order valence-corrected chi connectivity index (χ4v) is 3.08. The topological polar surface area (TPSA) is 55.0 Å². The molecule has 126 valence electrons. The van der Waals surface area contributed by atoms with Gasteiger partial charge in [0.05, 0.1) is 6.07 Å². The summed E-state index contributed by atoms with van der Waals surface area (Å²) >= 11 is 0. The fraction of sp³-hybridized carbons (Fsp3) is 0.238. The maximum atomic E-state index is 12.6. The molecule has 4 nitrogen and oxygen atoms in total. The van der Waals surface area contributed by atoms with Gasteiger partial charge in [0.25, 0.3) is 0 Å². The number of aromatic nitrogens is 1. The van der Waals surface area contributed by atoms with E-state index < -0.39 is 5.92 Å². The summed E-state index contributed by atoms with van der Waals surface area (Å²) in [4.78, 5) is 12.6. The van der Waals surface area contributed by atoms with E-state index in [4.69, 9.17) is 4.74 Å². The number of ketones is 1. The summed E-state index contributed by atoms with van der Waals surface area (Å²) in [6, 6.07) is 17.7. The van der Waals surface area contributed by atoms with Crippen LogP contribution in [0.1, 0.15) is 22.7 Å². The Morgan fingerprint density at radius 3 is 2.64 bits per heavy atom. The number of ether oxygens (including phenoxy) is 1. The van der Waals surface area contributed by atoms with Crippen molar-refractivity contribution in [1.82, 2.24) is 4.57 Å². The molecule has 1 heterocycles. The minimum absolute atomic E-state index is 0.121. The first-order chi connectivity index (χ1) is 12.0. The summed E-state index contributed by atoms with van der Waals surface area (Å²) in [5, 5.41) is 10.6. The van der Waals surface area contributed by atoms with Gasteiger partial charge < -0.3 is 9.30 Å². The van der Waals surface area contributed by atoms with Crippen LogP contribution in [-0.2, 0) is 11.8 Å². The van der Waals surface area contributed by atoms with E-state index >= 15 is 0 Å². The fourth-order valence-electron chi connectivity index (χ4n) is 3.08. The lowest BCUT2D eigenvalue weighted by Crippen LogP contribution is -2.21. The maximum absolute atomic E-state index is 12.6. The molecule has 1 unspecified atom stereocenters. The zero-order valence-corrected chi connectivity index (χ0v) is 14.6. The Labute approximate surface area is 147 Å². The van der Waals surface area contributed by atoms with Crippen LogP contribution >= 0.6 is 0 Å². The van der Waals surface area contributed by atoms with Gasteiger partial charge in [0.15, 0.2) is 5.78 Å². The van der Waals surface area contributed by atoms with Crippen LogP contribution in [0.4, 0.5) is 0 Å². The van der Waals surface area contributed by atoms with E-state index in [9.17, 15) is 10.1 Å². The predicted molar refractivity (Wildman–Crippen MR) is 97.7 cm³/mol. The van der Waals surface area contributed by atoms with Crippen LogP contribution in [-0.4, -0.2) is 17.0 Å². The van der Waals surface area contributed by atoms with Crippen molar-refractivity contribution < 1.29 is 9.53 Å². The van der Waals surface area contributed by atoms with Crippen molar-refractivity contribution in [1.29, 1.82) is 5.26 Å². The molecule has 4 heteroatoms. The molecule has 0 spiro atoms. The highest BCUT2D eigenvalue weighted by Crippen LogP contribution is 2.26. The Morgan fingerprint density at radius 1 is 1.20 bits per heavy atom. The smallest absolute Gasteiger partial charge is 0.193 e. The third-order valence-electron chi connectivity index (χ3n) is 4.44. The zero-order chi connectivity index (χ0) is 18.0. The largest absolute Gasteiger partial charge is 0.485 e. The number of Topliss-reactive ketones (excluding diaryl/α,β-unsaturated/α-hetero) is 1. The molecule has 1 aromatic heterocycles. The number of fused-ring (bicyclic) bond motifs is 1. The molecule has 0 aliphatic carbocycles. The van der Waals surface area contributed by atoms with Crippen LogP contribution in [0.15, 0.2) is 48.5 Å². The number of hydrogen-bond acceptors (Lipinski definition) is 3. The molecule has 25 heavy (non-hydrogen) atoms. The van der Waals surface area contributed by atoms with Gasteiger partial charge in [-0.05, 0) is 43.0 Å². The Morgan fingerprint density at radius 2 is 1.96 bits per heavy atom. The van der Waals surface area contributed by atoms with E-state index in [-0.39, 0.29) is 12.4 Å². The van der Waals surface area contributed by atoms with Crippen molar-refractivity contribution in [2.45, 2.75) is 19.8 Å². The highest BCUT2D eigenvalue weighted by Gasteiger charge is 2.24. The van der Waals surface area contributed by atoms with Gasteiger partial charge in [0.2, 0.25) is 0 Å². The number of nitriles is 1. The summed E-state index contributed by atoms with van der Waals surface area (Å²) in [5.41, 5.74) is 3.81. The molecule has 3 aromatic rings. The van der Waals surface area contributed by atoms with E-state index in [0.29, 0.717) is 11.4 Å². The molecule has 2 aromatic carbocycles. The van der Waals surface area contributed by atoms with E-state index in [1.54, 1.807) is 0 Å². The standard InChI is InChI=1S/C21H20N2O2/c1-14-8-9-21(15(2)10-14)25-13-20(24)17(12-22)19-11-16-6-4-5-7-18(16)23(19)3/h4-11,17H,13H2,1-3H3. The number of aryl methyl sites for hydroxylation is 3. The number of para-hydroxylation sites is 1. The molecule has 0 saturated carbocycles. The number of carbonyl (C=O) groups excluding carboxylic acids is 1. The van der Waals surface area contributed by atoms with E-state index in [1.165, 1.54) is 0 Å². The van der Waals surface area contributed by atoms with Crippen molar-refractivity contribution in [2.75, 3.05) is 6.61 Å². The van der Waals surface area contributed by atoms with Gasteiger partial charge in [0, 0.05) is 18.3 Å². The van der Waals surface area contributed by atoms with Gasteiger partial charge in [-0.2, -0.15) is 5.26 Å². The number of benzene rings is 2. The molecule has 0 radical (unpaired) electrons. The van der Waals surface area contributed by atoms with E-state index in [0.717, 1.165) is 22.0 Å². The molecule has 0 aliphatic heterocycles. The highest BCUT2D eigenvalue weighted by molar-refractivity contribution is 5.91. The highest BCUT2D eigenvalue weighted by atomic mass is 16.5. The second-order valence-corrected chi connectivity index (χ2v) is 6.27. The van der Waals surface area contributed by atoms with E-state index in [1.807, 2.05) is 74.0 Å². The average Bonchev–Trinajstić information content (AvgIpc) is 2.92. The molecule has 0 saturated heterocycles. The molecular weight excluding hydrogens is 312 g/mol. The van der Waals surface area contributed by atoms with Gasteiger partial charge in [-0.3, -0.25) is 4.79 Å². The quantitative estimate of drug-likeness (QED) is 0.708. The molecule has 0 fully saturated rings. The minimum atomic E-state index is -0.844. The van der Waals surface area contributed by atoms with Crippen LogP contribution in [0.2, 0.25) is 0 Å². The first kappa shape index (κ1) is 16.8. The number of hydrogen-bond donors (Lipinski definition) is 0.